The molecule has 0 radical (unpaired) electrons. The monoisotopic (exact) mass is 333 g/mol. The lowest BCUT2D eigenvalue weighted by Crippen LogP contribution is -2.30. The molecule has 3 nitrogen and oxygen atoms in total. The van der Waals surface area contributed by atoms with Gasteiger partial charge in [0.2, 0.25) is 5.76 Å². The van der Waals surface area contributed by atoms with Gasteiger partial charge in [-0.15, -0.1) is 0 Å². The summed E-state index contributed by atoms with van der Waals surface area (Å²) in [6.45, 7) is 4.29. The quantitative estimate of drug-likeness (QED) is 0.759. The molecule has 0 saturated carbocycles. The maximum Gasteiger partial charge on any atom is 0.415 e. The summed E-state index contributed by atoms with van der Waals surface area (Å²) in [5.41, 5.74) is 0.142. The zero-order chi connectivity index (χ0) is 14.4. The molecule has 1 amide bonds. The van der Waals surface area contributed by atoms with Crippen molar-refractivity contribution in [1.82, 2.24) is 4.90 Å². The number of hydrogen-bond acceptors (Lipinski definition) is 2. The van der Waals surface area contributed by atoms with Gasteiger partial charge < -0.3 is 9.64 Å². The highest BCUT2D eigenvalue weighted by molar-refractivity contribution is 9.10. The SMILES string of the molecule is CCN(CC)C(=O)OC(=C(F)F)c1ccccc1Br. The van der Waals surface area contributed by atoms with Crippen LogP contribution in [0.15, 0.2) is 34.8 Å². The molecule has 0 atom stereocenters. The third-order valence-corrected chi connectivity index (χ3v) is 3.19. The Morgan fingerprint density at radius 1 is 1.26 bits per heavy atom. The molecule has 0 N–H and O–H groups in total. The number of hydrogen-bond donors (Lipinski definition) is 0. The molecule has 0 saturated heterocycles. The Morgan fingerprint density at radius 2 is 1.84 bits per heavy atom. The fourth-order valence-electron chi connectivity index (χ4n) is 1.47. The van der Waals surface area contributed by atoms with Crippen LogP contribution in [-0.2, 0) is 4.74 Å². The number of nitrogens with zero attached hydrogens (tertiary/aromatic N) is 1. The predicted molar refractivity (Wildman–Crippen MR) is 72.7 cm³/mol. The standard InChI is InChI=1S/C13H14BrF2NO2/c1-3-17(4-2)13(18)19-11(12(15)16)9-7-5-6-8-10(9)14/h5-8H,3-4H2,1-2H3. The zero-order valence-electron chi connectivity index (χ0n) is 10.6. The van der Waals surface area contributed by atoms with Crippen molar-refractivity contribution in [3.05, 3.63) is 40.4 Å². The van der Waals surface area contributed by atoms with Crippen LogP contribution in [0.4, 0.5) is 13.6 Å². The highest BCUT2D eigenvalue weighted by atomic mass is 79.9. The molecule has 0 aliphatic heterocycles. The van der Waals surface area contributed by atoms with E-state index in [0.29, 0.717) is 17.6 Å². The smallest absolute Gasteiger partial charge is 0.404 e. The van der Waals surface area contributed by atoms with Gasteiger partial charge in [-0.3, -0.25) is 0 Å². The van der Waals surface area contributed by atoms with Gasteiger partial charge in [0.25, 0.3) is 0 Å². The summed E-state index contributed by atoms with van der Waals surface area (Å²) >= 11 is 3.15. The van der Waals surface area contributed by atoms with E-state index in [1.165, 1.54) is 11.0 Å². The molecule has 0 heterocycles. The number of carbonyl (C=O) groups excluding carboxylic acids is 1. The summed E-state index contributed by atoms with van der Waals surface area (Å²) in [5.74, 6) is -0.718. The predicted octanol–water partition coefficient (Wildman–Crippen LogP) is 4.49. The van der Waals surface area contributed by atoms with Gasteiger partial charge >= 0.3 is 12.2 Å². The molecule has 0 unspecified atom stereocenters. The van der Waals surface area contributed by atoms with Gasteiger partial charge in [-0.05, 0) is 26.0 Å². The van der Waals surface area contributed by atoms with E-state index in [1.54, 1.807) is 32.0 Å². The molecule has 0 aliphatic carbocycles. The van der Waals surface area contributed by atoms with Crippen molar-refractivity contribution in [2.45, 2.75) is 13.8 Å². The molecule has 0 aliphatic rings. The van der Waals surface area contributed by atoms with E-state index in [9.17, 15) is 13.6 Å². The van der Waals surface area contributed by atoms with Crippen LogP contribution in [0.1, 0.15) is 19.4 Å². The molecule has 0 bridgehead atoms. The topological polar surface area (TPSA) is 29.5 Å². The van der Waals surface area contributed by atoms with Crippen molar-refractivity contribution in [3.8, 4) is 0 Å². The van der Waals surface area contributed by atoms with E-state index in [0.717, 1.165) is 0 Å². The van der Waals surface area contributed by atoms with Crippen molar-refractivity contribution in [2.24, 2.45) is 0 Å². The Labute approximate surface area is 119 Å². The molecule has 1 aromatic carbocycles. The minimum Gasteiger partial charge on any atom is -0.404 e. The Balaban J connectivity index is 3.03. The lowest BCUT2D eigenvalue weighted by Gasteiger charge is -2.19. The van der Waals surface area contributed by atoms with Gasteiger partial charge in [-0.2, -0.15) is 8.78 Å². The van der Waals surface area contributed by atoms with Gasteiger partial charge in [-0.25, -0.2) is 4.79 Å². The van der Waals surface area contributed by atoms with E-state index in [4.69, 9.17) is 4.74 Å². The van der Waals surface area contributed by atoms with Crippen LogP contribution < -0.4 is 0 Å². The molecule has 0 aromatic heterocycles. The van der Waals surface area contributed by atoms with Gasteiger partial charge in [0.05, 0.1) is 0 Å². The van der Waals surface area contributed by atoms with Crippen LogP contribution in [0.5, 0.6) is 0 Å². The minimum absolute atomic E-state index is 0.142. The van der Waals surface area contributed by atoms with Crippen LogP contribution >= 0.6 is 15.9 Å². The first kappa shape index (κ1) is 15.6. The van der Waals surface area contributed by atoms with Gasteiger partial charge in [0.1, 0.15) is 0 Å². The van der Waals surface area contributed by atoms with Crippen LogP contribution in [0.3, 0.4) is 0 Å². The second-order valence-corrected chi connectivity index (χ2v) is 4.46. The molecule has 1 aromatic rings. The van der Waals surface area contributed by atoms with E-state index in [1.807, 2.05) is 0 Å². The number of amides is 1. The molecular formula is C13H14BrF2NO2. The summed E-state index contributed by atoms with van der Waals surface area (Å²) in [6.07, 6.45) is -2.82. The number of carbonyl (C=O) groups is 1. The first-order valence-electron chi connectivity index (χ1n) is 5.78. The zero-order valence-corrected chi connectivity index (χ0v) is 12.2. The number of rotatable bonds is 4. The molecule has 1 rings (SSSR count). The first-order chi connectivity index (χ1) is 9.01. The lowest BCUT2D eigenvalue weighted by molar-refractivity contribution is 0.145. The van der Waals surface area contributed by atoms with Crippen LogP contribution in [-0.4, -0.2) is 24.1 Å². The first-order valence-corrected chi connectivity index (χ1v) is 6.57. The van der Waals surface area contributed by atoms with Crippen LogP contribution in [0.2, 0.25) is 0 Å². The summed E-state index contributed by atoms with van der Waals surface area (Å²) in [4.78, 5) is 13.0. The summed E-state index contributed by atoms with van der Waals surface area (Å²) < 4.78 is 31.2. The molecule has 0 fully saturated rings. The van der Waals surface area contributed by atoms with Gasteiger partial charge in [0, 0.05) is 23.1 Å². The number of ether oxygens (including phenoxy) is 1. The van der Waals surface area contributed by atoms with Gasteiger partial charge in [0.15, 0.2) is 0 Å². The fraction of sp³-hybridized carbons (Fsp3) is 0.308. The van der Waals surface area contributed by atoms with Crippen LogP contribution in [0.25, 0.3) is 5.76 Å². The van der Waals surface area contributed by atoms with E-state index in [-0.39, 0.29) is 5.56 Å². The van der Waals surface area contributed by atoms with Gasteiger partial charge in [-0.1, -0.05) is 28.1 Å². The largest absolute Gasteiger partial charge is 0.415 e. The maximum absolute atomic E-state index is 13.0. The number of benzene rings is 1. The molecule has 6 heteroatoms. The van der Waals surface area contributed by atoms with E-state index in [2.05, 4.69) is 15.9 Å². The average Bonchev–Trinajstić information content (AvgIpc) is 2.38. The molecule has 104 valence electrons. The maximum atomic E-state index is 13.0. The molecular weight excluding hydrogens is 320 g/mol. The fourth-order valence-corrected chi connectivity index (χ4v) is 1.94. The molecule has 0 spiro atoms. The summed E-state index contributed by atoms with van der Waals surface area (Å²) in [5, 5.41) is 0. The Bertz CT molecular complexity index is 483. The second kappa shape index (κ2) is 7.23. The van der Waals surface area contributed by atoms with Crippen molar-refractivity contribution >= 4 is 27.8 Å². The minimum atomic E-state index is -2.03. The Morgan fingerprint density at radius 3 is 2.32 bits per heavy atom. The summed E-state index contributed by atoms with van der Waals surface area (Å²) in [7, 11) is 0. The summed E-state index contributed by atoms with van der Waals surface area (Å²) in [6, 6.07) is 6.33. The Hall–Kier alpha value is -1.43. The average molecular weight is 334 g/mol. The van der Waals surface area contributed by atoms with Crippen molar-refractivity contribution in [2.75, 3.05) is 13.1 Å². The van der Waals surface area contributed by atoms with E-state index >= 15 is 0 Å². The van der Waals surface area contributed by atoms with Crippen LogP contribution in [0, 0.1) is 0 Å². The van der Waals surface area contributed by atoms with E-state index < -0.39 is 17.9 Å². The third kappa shape index (κ3) is 4.02. The Kier molecular flexibility index (Phi) is 5.95. The normalized spacial score (nSPS) is 9.95. The van der Waals surface area contributed by atoms with Crippen molar-refractivity contribution < 1.29 is 18.3 Å². The van der Waals surface area contributed by atoms with Crippen molar-refractivity contribution in [3.63, 3.8) is 0 Å². The highest BCUT2D eigenvalue weighted by Gasteiger charge is 2.20. The number of halogens is 3. The lowest BCUT2D eigenvalue weighted by atomic mass is 10.2. The van der Waals surface area contributed by atoms with Crippen molar-refractivity contribution in [1.29, 1.82) is 0 Å². The highest BCUT2D eigenvalue weighted by Crippen LogP contribution is 2.29. The second-order valence-electron chi connectivity index (χ2n) is 3.61. The third-order valence-electron chi connectivity index (χ3n) is 2.50. The molecule has 19 heavy (non-hydrogen) atoms.